The van der Waals surface area contributed by atoms with Crippen LogP contribution in [-0.4, -0.2) is 36.6 Å². The van der Waals surface area contributed by atoms with E-state index in [0.717, 1.165) is 25.9 Å². The maximum Gasteiger partial charge on any atom is 0.330 e. The second-order valence-corrected chi connectivity index (χ2v) is 3.96. The summed E-state index contributed by atoms with van der Waals surface area (Å²) in [5.74, 6) is -0.247. The summed E-state index contributed by atoms with van der Waals surface area (Å²) in [6.07, 6.45) is 5.41. The Labute approximate surface area is 99.5 Å². The highest BCUT2D eigenvalue weighted by Crippen LogP contribution is 2.04. The molecule has 94 valence electrons. The van der Waals surface area contributed by atoms with Crippen molar-refractivity contribution in [3.05, 3.63) is 12.2 Å². The van der Waals surface area contributed by atoms with Crippen molar-refractivity contribution in [2.45, 2.75) is 46.6 Å². The molecule has 0 rings (SSSR count). The lowest BCUT2D eigenvalue weighted by atomic mass is 10.2. The Balaban J connectivity index is 3.88. The number of nitrogens with zero attached hydrogens (tertiary/aromatic N) is 1. The Morgan fingerprint density at radius 3 is 2.56 bits per heavy atom. The van der Waals surface area contributed by atoms with Gasteiger partial charge in [-0.3, -0.25) is 4.90 Å². The fourth-order valence-corrected chi connectivity index (χ4v) is 1.55. The molecule has 1 unspecified atom stereocenters. The van der Waals surface area contributed by atoms with Gasteiger partial charge in [0, 0.05) is 18.7 Å². The fraction of sp³-hybridized carbons (Fsp3) is 0.769. The second kappa shape index (κ2) is 9.40. The number of carbonyl (C=O) groups excluding carboxylic acids is 1. The Kier molecular flexibility index (Phi) is 8.91. The van der Waals surface area contributed by atoms with Crippen LogP contribution in [0.15, 0.2) is 12.2 Å². The van der Waals surface area contributed by atoms with Gasteiger partial charge in [0.2, 0.25) is 0 Å². The monoisotopic (exact) mass is 227 g/mol. The summed E-state index contributed by atoms with van der Waals surface area (Å²) in [5, 5.41) is 0. The van der Waals surface area contributed by atoms with Crippen molar-refractivity contribution in [2.75, 3.05) is 19.7 Å². The number of ether oxygens (including phenoxy) is 1. The predicted molar refractivity (Wildman–Crippen MR) is 67.4 cm³/mol. The molecule has 3 heteroatoms. The molecule has 0 aromatic heterocycles. The van der Waals surface area contributed by atoms with Gasteiger partial charge in [0.25, 0.3) is 0 Å². The van der Waals surface area contributed by atoms with Gasteiger partial charge in [-0.25, -0.2) is 4.79 Å². The van der Waals surface area contributed by atoms with Crippen LogP contribution in [-0.2, 0) is 9.53 Å². The standard InChI is InChI=1S/C13H25NO2/c1-5-8-13(15)16-11-10-14(9-6-2)12(4)7-3/h5,8,12H,6-7,9-11H2,1-4H3/b8-5+. The number of esters is 1. The molecular formula is C13H25NO2. The summed E-state index contributed by atoms with van der Waals surface area (Å²) < 4.78 is 5.09. The number of hydrogen-bond donors (Lipinski definition) is 0. The second-order valence-electron chi connectivity index (χ2n) is 3.96. The highest BCUT2D eigenvalue weighted by molar-refractivity contribution is 5.81. The van der Waals surface area contributed by atoms with E-state index in [1.54, 1.807) is 6.08 Å². The average molecular weight is 227 g/mol. The van der Waals surface area contributed by atoms with E-state index < -0.39 is 0 Å². The Hall–Kier alpha value is -0.830. The number of allylic oxidation sites excluding steroid dienone is 1. The molecule has 0 amide bonds. The summed E-state index contributed by atoms with van der Waals surface area (Å²) in [6.45, 7) is 10.7. The summed E-state index contributed by atoms with van der Waals surface area (Å²) in [6, 6.07) is 0.556. The van der Waals surface area contributed by atoms with Gasteiger partial charge in [0.05, 0.1) is 0 Å². The molecule has 0 aromatic carbocycles. The molecule has 0 fully saturated rings. The molecule has 0 aromatic rings. The first-order valence-electron chi connectivity index (χ1n) is 6.19. The molecule has 0 bridgehead atoms. The van der Waals surface area contributed by atoms with Crippen molar-refractivity contribution in [1.82, 2.24) is 4.90 Å². The first kappa shape index (κ1) is 15.2. The molecule has 0 saturated heterocycles. The highest BCUT2D eigenvalue weighted by Gasteiger charge is 2.11. The molecule has 1 atom stereocenters. The van der Waals surface area contributed by atoms with Crippen molar-refractivity contribution in [3.63, 3.8) is 0 Å². The lowest BCUT2D eigenvalue weighted by molar-refractivity contribution is -0.138. The fourth-order valence-electron chi connectivity index (χ4n) is 1.55. The number of rotatable bonds is 8. The molecule has 0 radical (unpaired) electrons. The molecule has 0 heterocycles. The van der Waals surface area contributed by atoms with Crippen LogP contribution in [0.4, 0.5) is 0 Å². The smallest absolute Gasteiger partial charge is 0.330 e. The molecule has 16 heavy (non-hydrogen) atoms. The van der Waals surface area contributed by atoms with Gasteiger partial charge < -0.3 is 4.74 Å². The first-order valence-corrected chi connectivity index (χ1v) is 6.19. The van der Waals surface area contributed by atoms with E-state index in [-0.39, 0.29) is 5.97 Å². The van der Waals surface area contributed by atoms with Crippen LogP contribution in [0.1, 0.15) is 40.5 Å². The lowest BCUT2D eigenvalue weighted by Crippen LogP contribution is -2.36. The van der Waals surface area contributed by atoms with E-state index in [2.05, 4.69) is 25.7 Å². The number of hydrogen-bond acceptors (Lipinski definition) is 3. The summed E-state index contributed by atoms with van der Waals surface area (Å²) in [7, 11) is 0. The van der Waals surface area contributed by atoms with Gasteiger partial charge in [-0.15, -0.1) is 0 Å². The molecular weight excluding hydrogens is 202 g/mol. The topological polar surface area (TPSA) is 29.5 Å². The Morgan fingerprint density at radius 2 is 2.06 bits per heavy atom. The van der Waals surface area contributed by atoms with Crippen LogP contribution in [0.25, 0.3) is 0 Å². The molecule has 3 nitrogen and oxygen atoms in total. The van der Waals surface area contributed by atoms with E-state index in [4.69, 9.17) is 4.74 Å². The minimum Gasteiger partial charge on any atom is -0.461 e. The largest absolute Gasteiger partial charge is 0.461 e. The molecule has 0 aliphatic rings. The normalized spacial score (nSPS) is 13.3. The van der Waals surface area contributed by atoms with E-state index in [0.29, 0.717) is 12.6 Å². The minimum absolute atomic E-state index is 0.247. The summed E-state index contributed by atoms with van der Waals surface area (Å²) in [4.78, 5) is 13.5. The molecule has 0 saturated carbocycles. The van der Waals surface area contributed by atoms with E-state index in [1.807, 2.05) is 6.92 Å². The van der Waals surface area contributed by atoms with Gasteiger partial charge in [0.15, 0.2) is 0 Å². The van der Waals surface area contributed by atoms with Gasteiger partial charge in [0.1, 0.15) is 6.61 Å². The summed E-state index contributed by atoms with van der Waals surface area (Å²) >= 11 is 0. The molecule has 0 aliphatic heterocycles. The van der Waals surface area contributed by atoms with Crippen LogP contribution in [0.2, 0.25) is 0 Å². The van der Waals surface area contributed by atoms with Crippen molar-refractivity contribution < 1.29 is 9.53 Å². The zero-order chi connectivity index (χ0) is 12.4. The van der Waals surface area contributed by atoms with Crippen molar-refractivity contribution in [3.8, 4) is 0 Å². The van der Waals surface area contributed by atoms with Crippen molar-refractivity contribution in [1.29, 1.82) is 0 Å². The van der Waals surface area contributed by atoms with E-state index in [9.17, 15) is 4.79 Å². The van der Waals surface area contributed by atoms with Gasteiger partial charge in [-0.1, -0.05) is 19.9 Å². The zero-order valence-electron chi connectivity index (χ0n) is 11.0. The van der Waals surface area contributed by atoms with Crippen molar-refractivity contribution >= 4 is 5.97 Å². The van der Waals surface area contributed by atoms with E-state index in [1.165, 1.54) is 6.08 Å². The van der Waals surface area contributed by atoms with Gasteiger partial charge in [-0.2, -0.15) is 0 Å². The third kappa shape index (κ3) is 6.62. The van der Waals surface area contributed by atoms with Gasteiger partial charge in [-0.05, 0) is 33.2 Å². The highest BCUT2D eigenvalue weighted by atomic mass is 16.5. The Bertz CT molecular complexity index is 214. The average Bonchev–Trinajstić information content (AvgIpc) is 2.27. The molecule has 0 N–H and O–H groups in total. The SMILES string of the molecule is C/C=C/C(=O)OCCN(CCC)C(C)CC. The third-order valence-corrected chi connectivity index (χ3v) is 2.65. The van der Waals surface area contributed by atoms with Crippen LogP contribution in [0.3, 0.4) is 0 Å². The maximum atomic E-state index is 11.1. The van der Waals surface area contributed by atoms with Crippen LogP contribution < -0.4 is 0 Å². The number of carbonyl (C=O) groups is 1. The minimum atomic E-state index is -0.247. The van der Waals surface area contributed by atoms with Gasteiger partial charge >= 0.3 is 5.97 Å². The van der Waals surface area contributed by atoms with Crippen LogP contribution in [0, 0.1) is 0 Å². The van der Waals surface area contributed by atoms with Crippen LogP contribution in [0.5, 0.6) is 0 Å². The first-order chi connectivity index (χ1) is 7.65. The summed E-state index contributed by atoms with van der Waals surface area (Å²) in [5.41, 5.74) is 0. The third-order valence-electron chi connectivity index (χ3n) is 2.65. The quantitative estimate of drug-likeness (QED) is 0.471. The van der Waals surface area contributed by atoms with Crippen LogP contribution >= 0.6 is 0 Å². The lowest BCUT2D eigenvalue weighted by Gasteiger charge is -2.27. The Morgan fingerprint density at radius 1 is 1.38 bits per heavy atom. The van der Waals surface area contributed by atoms with Crippen molar-refractivity contribution in [2.24, 2.45) is 0 Å². The molecule has 0 aliphatic carbocycles. The maximum absolute atomic E-state index is 11.1. The molecule has 0 spiro atoms. The van der Waals surface area contributed by atoms with E-state index >= 15 is 0 Å². The zero-order valence-corrected chi connectivity index (χ0v) is 11.0. The predicted octanol–water partition coefficient (Wildman–Crippen LogP) is 2.62.